The van der Waals surface area contributed by atoms with E-state index in [0.717, 1.165) is 19.1 Å². The number of amides is 1. The van der Waals surface area contributed by atoms with Gasteiger partial charge >= 0.3 is 24.0 Å². The first-order chi connectivity index (χ1) is 27.2. The molecule has 0 aromatic heterocycles. The van der Waals surface area contributed by atoms with E-state index in [1.165, 1.54) is 19.1 Å². The Morgan fingerprint density at radius 3 is 2.22 bits per heavy atom. The Bertz CT molecular complexity index is 1840. The summed E-state index contributed by atoms with van der Waals surface area (Å²) < 4.78 is 49.9. The van der Waals surface area contributed by atoms with Gasteiger partial charge in [-0.05, 0) is 89.3 Å². The number of halogens is 1. The Morgan fingerprint density at radius 1 is 1.07 bits per heavy atom. The molecule has 5 rings (SSSR count). The van der Waals surface area contributed by atoms with Gasteiger partial charge in [0.15, 0.2) is 17.5 Å². The summed E-state index contributed by atoms with van der Waals surface area (Å²) in [7, 11) is 0. The first-order valence-corrected chi connectivity index (χ1v) is 20.2. The highest BCUT2D eigenvalue weighted by molar-refractivity contribution is 5.94. The fourth-order valence-electron chi connectivity index (χ4n) is 9.68. The van der Waals surface area contributed by atoms with Crippen molar-refractivity contribution in [2.75, 3.05) is 13.2 Å². The zero-order valence-corrected chi connectivity index (χ0v) is 35.8. The molecule has 1 saturated heterocycles. The van der Waals surface area contributed by atoms with Crippen LogP contribution >= 0.6 is 0 Å². The minimum absolute atomic E-state index is 0.0152. The van der Waals surface area contributed by atoms with Gasteiger partial charge < -0.3 is 49.1 Å². The summed E-state index contributed by atoms with van der Waals surface area (Å²) in [6.45, 7) is 17.5. The average molecular weight is 834 g/mol. The van der Waals surface area contributed by atoms with E-state index in [9.17, 15) is 38.9 Å². The van der Waals surface area contributed by atoms with E-state index in [1.807, 2.05) is 13.8 Å². The van der Waals surface area contributed by atoms with Gasteiger partial charge in [-0.15, -0.1) is 0 Å². The Morgan fingerprint density at radius 2 is 1.69 bits per heavy atom. The van der Waals surface area contributed by atoms with Gasteiger partial charge in [-0.3, -0.25) is 9.59 Å². The summed E-state index contributed by atoms with van der Waals surface area (Å²) in [6, 6.07) is 3.29. The number of ether oxygens (including phenoxy) is 6. The van der Waals surface area contributed by atoms with Crippen molar-refractivity contribution in [2.45, 2.75) is 155 Å². The monoisotopic (exact) mass is 833 g/mol. The molecule has 11 atom stereocenters. The number of carbonyl (C=O) groups is 5. The van der Waals surface area contributed by atoms with E-state index in [4.69, 9.17) is 28.4 Å². The third-order valence-corrected chi connectivity index (χ3v) is 12.6. The molecule has 0 spiro atoms. The molecule has 2 bridgehead atoms. The number of benzene rings is 1. The molecule has 328 valence electrons. The molecule has 2 unspecified atom stereocenters. The molecule has 1 aliphatic heterocycles. The molecule has 0 radical (unpaired) electrons. The van der Waals surface area contributed by atoms with Gasteiger partial charge in [0.05, 0.1) is 35.6 Å². The summed E-state index contributed by atoms with van der Waals surface area (Å²) in [6.07, 6.45) is -10.5. The standard InChI is InChI=1S/C43H60FNO14/c1-12-54-32-30-22(4)27(56-37(51)31(48)26(17-21(2)3)45-38(52)59-39(6,7)8)19-43(53,40(30,9)10)35(57-36(50)24-13-15-25(44)16-14-24)33-41(11,34(32)49)28(47)18-29-42(33,20-55-29)58-23(5)46/h13-16,21,26-29,31-33,35,47-48,53H,12,17-20H2,1-11H3,(H,45,52)/t26-,27-,28-,29+,31+,32+,33?,35?,41+,42-,43+/m0/s1. The second-order valence-corrected chi connectivity index (χ2v) is 18.5. The van der Waals surface area contributed by atoms with Crippen molar-refractivity contribution < 1.29 is 72.1 Å². The Balaban J connectivity index is 1.71. The Hall–Kier alpha value is -3.96. The lowest BCUT2D eigenvalue weighted by Gasteiger charge is -2.67. The van der Waals surface area contributed by atoms with Crippen LogP contribution in [0.2, 0.25) is 0 Å². The number of Topliss-reactive ketones (excluding diaryl/α,β-unsaturated/α-hetero) is 1. The molecule has 1 aromatic rings. The highest BCUT2D eigenvalue weighted by Crippen LogP contribution is 2.64. The van der Waals surface area contributed by atoms with Crippen LogP contribution in [0.15, 0.2) is 35.4 Å². The average Bonchev–Trinajstić information content (AvgIpc) is 3.11. The largest absolute Gasteiger partial charge is 0.456 e. The lowest BCUT2D eigenvalue weighted by Crippen LogP contribution is -2.82. The van der Waals surface area contributed by atoms with Crippen molar-refractivity contribution >= 4 is 29.8 Å². The van der Waals surface area contributed by atoms with Crippen LogP contribution in [0.4, 0.5) is 9.18 Å². The van der Waals surface area contributed by atoms with Crippen LogP contribution in [0.1, 0.15) is 106 Å². The van der Waals surface area contributed by atoms with Crippen molar-refractivity contribution in [3.05, 3.63) is 46.8 Å². The molecule has 3 fully saturated rings. The Kier molecular flexibility index (Phi) is 12.9. The van der Waals surface area contributed by atoms with Crippen LogP contribution in [-0.2, 0) is 42.8 Å². The van der Waals surface area contributed by atoms with Crippen LogP contribution in [0.3, 0.4) is 0 Å². The first-order valence-electron chi connectivity index (χ1n) is 20.2. The zero-order chi connectivity index (χ0) is 44.2. The molecule has 1 heterocycles. The molecule has 4 aliphatic rings. The maximum atomic E-state index is 15.4. The molecular formula is C43H60FNO14. The van der Waals surface area contributed by atoms with Gasteiger partial charge in [-0.2, -0.15) is 0 Å². The molecule has 3 aliphatic carbocycles. The maximum Gasteiger partial charge on any atom is 0.407 e. The number of ketones is 1. The number of rotatable bonds is 11. The first kappa shape index (κ1) is 46.1. The van der Waals surface area contributed by atoms with E-state index >= 15 is 4.79 Å². The molecule has 59 heavy (non-hydrogen) atoms. The van der Waals surface area contributed by atoms with Crippen LogP contribution in [0, 0.1) is 28.5 Å². The highest BCUT2D eigenvalue weighted by Gasteiger charge is 2.78. The van der Waals surface area contributed by atoms with Gasteiger partial charge in [0.25, 0.3) is 0 Å². The van der Waals surface area contributed by atoms with Crippen molar-refractivity contribution in [2.24, 2.45) is 22.7 Å². The van der Waals surface area contributed by atoms with Crippen LogP contribution in [0.5, 0.6) is 0 Å². The smallest absolute Gasteiger partial charge is 0.407 e. The molecule has 16 heteroatoms. The van der Waals surface area contributed by atoms with Gasteiger partial charge in [0, 0.05) is 31.8 Å². The predicted octanol–water partition coefficient (Wildman–Crippen LogP) is 4.12. The van der Waals surface area contributed by atoms with Gasteiger partial charge in [0.2, 0.25) is 0 Å². The third-order valence-electron chi connectivity index (χ3n) is 12.6. The lowest BCUT2D eigenvalue weighted by molar-refractivity contribution is -0.346. The normalized spacial score (nSPS) is 33.5. The summed E-state index contributed by atoms with van der Waals surface area (Å²) in [5, 5.41) is 39.6. The Labute approximate surface area is 344 Å². The molecule has 1 amide bonds. The molecule has 2 saturated carbocycles. The van der Waals surface area contributed by atoms with E-state index < -0.39 is 118 Å². The van der Waals surface area contributed by atoms with Crippen molar-refractivity contribution in [3.63, 3.8) is 0 Å². The minimum atomic E-state index is -2.33. The minimum Gasteiger partial charge on any atom is -0.456 e. The number of hydrogen-bond acceptors (Lipinski definition) is 14. The number of carbonyl (C=O) groups excluding carboxylic acids is 5. The van der Waals surface area contributed by atoms with E-state index in [1.54, 1.807) is 48.5 Å². The van der Waals surface area contributed by atoms with Gasteiger partial charge in [0.1, 0.15) is 41.4 Å². The van der Waals surface area contributed by atoms with E-state index in [2.05, 4.69) is 5.32 Å². The number of fused-ring (bicyclic) bond motifs is 5. The van der Waals surface area contributed by atoms with Crippen molar-refractivity contribution in [1.82, 2.24) is 5.32 Å². The lowest BCUT2D eigenvalue weighted by atomic mass is 9.44. The summed E-state index contributed by atoms with van der Waals surface area (Å²) >= 11 is 0. The molecule has 1 aromatic carbocycles. The van der Waals surface area contributed by atoms with Crippen LogP contribution in [-0.4, -0.2) is 118 Å². The second kappa shape index (κ2) is 16.5. The maximum absolute atomic E-state index is 15.4. The van der Waals surface area contributed by atoms with Gasteiger partial charge in [-0.1, -0.05) is 27.7 Å². The van der Waals surface area contributed by atoms with E-state index in [0.29, 0.717) is 5.57 Å². The molecular weight excluding hydrogens is 773 g/mol. The topological polar surface area (TPSA) is 213 Å². The quantitative estimate of drug-likeness (QED) is 0.140. The number of esters is 3. The predicted molar refractivity (Wildman–Crippen MR) is 207 cm³/mol. The summed E-state index contributed by atoms with van der Waals surface area (Å²) in [5.41, 5.74) is -8.06. The van der Waals surface area contributed by atoms with Crippen LogP contribution < -0.4 is 5.32 Å². The fraction of sp³-hybridized carbons (Fsp3) is 0.698. The number of aliphatic hydroxyl groups is 3. The number of aliphatic hydroxyl groups excluding tert-OH is 2. The van der Waals surface area contributed by atoms with E-state index in [-0.39, 0.29) is 43.1 Å². The van der Waals surface area contributed by atoms with Crippen molar-refractivity contribution in [1.29, 1.82) is 0 Å². The SMILES string of the molecule is CCO[C@H]1C(=O)[C@@]2(C)C(C(OC(=O)c3ccc(F)cc3)[C@]3(O)C[C@H](OC(=O)[C@H](O)[C@H](CC(C)C)NC(=O)OC(C)(C)C)C(C)=C1C3(C)C)[C@]1(OC(C)=O)CO[C@@H]1C[C@@H]2O. The summed E-state index contributed by atoms with van der Waals surface area (Å²) in [4.78, 5) is 69.4. The third kappa shape index (κ3) is 8.27. The zero-order valence-electron chi connectivity index (χ0n) is 35.8. The number of nitrogens with one attached hydrogen (secondary N) is 1. The van der Waals surface area contributed by atoms with Gasteiger partial charge in [-0.25, -0.2) is 18.8 Å². The van der Waals surface area contributed by atoms with Crippen molar-refractivity contribution in [3.8, 4) is 0 Å². The molecule has 4 N–H and O–H groups in total. The second-order valence-electron chi connectivity index (χ2n) is 18.5. The number of alkyl carbamates (subject to hydrolysis) is 1. The highest BCUT2D eigenvalue weighted by atomic mass is 19.1. The summed E-state index contributed by atoms with van der Waals surface area (Å²) in [5.74, 6) is -5.88. The fourth-order valence-corrected chi connectivity index (χ4v) is 9.68. The van der Waals surface area contributed by atoms with Crippen LogP contribution in [0.25, 0.3) is 0 Å². The molecule has 15 nitrogen and oxygen atoms in total. The number of hydrogen-bond donors (Lipinski definition) is 4.